The van der Waals surface area contributed by atoms with Crippen LogP contribution in [0.3, 0.4) is 0 Å². The standard InChI is InChI=1S/C30H35N3O5/c34-27-9-7-23(30(37)32-27)5-6-24-17-25-15-21(4-8-26(25)29(24)36)18-31-28(35)16-20-2-1-3-22(14-20)19-33-10-12-38-13-11-33/h1-4,8,14-15,23-24H,5-7,9-13,16-19H2,(H,31,35)(H,32,34,37). The molecule has 2 fully saturated rings. The third-order valence-corrected chi connectivity index (χ3v) is 7.84. The number of morpholine rings is 1. The summed E-state index contributed by atoms with van der Waals surface area (Å²) in [6.07, 6.45) is 3.14. The Hall–Kier alpha value is -3.36. The quantitative estimate of drug-likeness (QED) is 0.496. The lowest BCUT2D eigenvalue weighted by atomic mass is 9.88. The van der Waals surface area contributed by atoms with Gasteiger partial charge in [-0.3, -0.25) is 29.4 Å². The number of ether oxygens (including phenoxy) is 1. The predicted octanol–water partition coefficient (Wildman–Crippen LogP) is 2.57. The van der Waals surface area contributed by atoms with Gasteiger partial charge in [-0.2, -0.15) is 0 Å². The van der Waals surface area contributed by atoms with Crippen molar-refractivity contribution < 1.29 is 23.9 Å². The fourth-order valence-electron chi connectivity index (χ4n) is 5.70. The summed E-state index contributed by atoms with van der Waals surface area (Å²) in [4.78, 5) is 51.3. The van der Waals surface area contributed by atoms with Gasteiger partial charge in [0, 0.05) is 50.0 Å². The fraction of sp³-hybridized carbons (Fsp3) is 0.467. The normalized spacial score (nSPS) is 21.7. The Morgan fingerprint density at radius 1 is 0.974 bits per heavy atom. The number of ketones is 1. The van der Waals surface area contributed by atoms with Gasteiger partial charge in [-0.05, 0) is 47.9 Å². The molecule has 2 atom stereocenters. The molecule has 2 aromatic carbocycles. The summed E-state index contributed by atoms with van der Waals surface area (Å²) in [5.41, 5.74) is 4.91. The van der Waals surface area contributed by atoms with Crippen molar-refractivity contribution in [2.24, 2.45) is 11.8 Å². The van der Waals surface area contributed by atoms with Gasteiger partial charge in [-0.15, -0.1) is 0 Å². The smallest absolute Gasteiger partial charge is 0.229 e. The Bertz CT molecular complexity index is 1220. The molecule has 2 unspecified atom stereocenters. The average molecular weight is 518 g/mol. The minimum absolute atomic E-state index is 0.0350. The Morgan fingerprint density at radius 2 is 1.76 bits per heavy atom. The molecule has 0 aromatic heterocycles. The van der Waals surface area contributed by atoms with Gasteiger partial charge in [-0.25, -0.2) is 0 Å². The molecule has 8 nitrogen and oxygen atoms in total. The van der Waals surface area contributed by atoms with Crippen molar-refractivity contribution >= 4 is 23.5 Å². The van der Waals surface area contributed by atoms with Gasteiger partial charge >= 0.3 is 0 Å². The molecule has 0 saturated carbocycles. The largest absolute Gasteiger partial charge is 0.379 e. The molecule has 0 radical (unpaired) electrons. The highest BCUT2D eigenvalue weighted by Crippen LogP contribution is 2.32. The molecule has 1 aliphatic carbocycles. The molecule has 0 spiro atoms. The second kappa shape index (κ2) is 12.0. The molecule has 3 aliphatic rings. The van der Waals surface area contributed by atoms with Gasteiger partial charge in [0.15, 0.2) is 5.78 Å². The number of amides is 3. The van der Waals surface area contributed by atoms with Crippen LogP contribution >= 0.6 is 0 Å². The minimum Gasteiger partial charge on any atom is -0.379 e. The molecular formula is C30H35N3O5. The topological polar surface area (TPSA) is 105 Å². The molecular weight excluding hydrogens is 482 g/mol. The van der Waals surface area contributed by atoms with Crippen molar-refractivity contribution in [3.05, 3.63) is 70.3 Å². The lowest BCUT2D eigenvalue weighted by molar-refractivity contribution is -0.136. The molecule has 2 N–H and O–H groups in total. The zero-order chi connectivity index (χ0) is 26.5. The Balaban J connectivity index is 1.10. The number of piperidine rings is 1. The maximum absolute atomic E-state index is 12.9. The van der Waals surface area contributed by atoms with Crippen molar-refractivity contribution in [3.63, 3.8) is 0 Å². The van der Waals surface area contributed by atoms with Gasteiger partial charge in [0.25, 0.3) is 0 Å². The fourth-order valence-corrected chi connectivity index (χ4v) is 5.70. The van der Waals surface area contributed by atoms with Gasteiger partial charge < -0.3 is 10.1 Å². The van der Waals surface area contributed by atoms with Crippen molar-refractivity contribution in [2.75, 3.05) is 26.3 Å². The lowest BCUT2D eigenvalue weighted by Gasteiger charge is -2.26. The van der Waals surface area contributed by atoms with E-state index in [1.807, 2.05) is 30.3 Å². The van der Waals surface area contributed by atoms with Crippen LogP contribution in [-0.4, -0.2) is 54.7 Å². The number of Topliss-reactive ketones (excluding diaryl/α,β-unsaturated/α-hetero) is 1. The number of carbonyl (C=O) groups excluding carboxylic acids is 4. The van der Waals surface area contributed by atoms with E-state index >= 15 is 0 Å². The highest BCUT2D eigenvalue weighted by molar-refractivity contribution is 6.02. The van der Waals surface area contributed by atoms with Crippen LogP contribution < -0.4 is 10.6 Å². The molecule has 2 heterocycles. The first-order valence-electron chi connectivity index (χ1n) is 13.6. The number of benzene rings is 2. The number of nitrogens with zero attached hydrogens (tertiary/aromatic N) is 1. The third-order valence-electron chi connectivity index (χ3n) is 7.84. The van der Waals surface area contributed by atoms with E-state index in [0.29, 0.717) is 45.1 Å². The Labute approximate surface area is 223 Å². The first-order chi connectivity index (χ1) is 18.4. The van der Waals surface area contributed by atoms with Crippen molar-refractivity contribution in [2.45, 2.75) is 51.6 Å². The summed E-state index contributed by atoms with van der Waals surface area (Å²) in [6.45, 7) is 4.66. The lowest BCUT2D eigenvalue weighted by Crippen LogP contribution is -2.40. The summed E-state index contributed by atoms with van der Waals surface area (Å²) in [6, 6.07) is 14.0. The van der Waals surface area contributed by atoms with Gasteiger partial charge in [0.05, 0.1) is 19.6 Å². The van der Waals surface area contributed by atoms with E-state index in [9.17, 15) is 19.2 Å². The third kappa shape index (κ3) is 6.55. The average Bonchev–Trinajstić information content (AvgIpc) is 3.22. The van der Waals surface area contributed by atoms with E-state index in [1.54, 1.807) is 0 Å². The second-order valence-electron chi connectivity index (χ2n) is 10.6. The first kappa shape index (κ1) is 26.3. The SMILES string of the molecule is O=C(Cc1cccc(CN2CCOCC2)c1)NCc1ccc2c(c1)CC(CCC1CCC(=O)NC1=O)C2=O. The van der Waals surface area contributed by atoms with E-state index in [-0.39, 0.29) is 35.3 Å². The van der Waals surface area contributed by atoms with Crippen molar-refractivity contribution in [1.82, 2.24) is 15.5 Å². The monoisotopic (exact) mass is 517 g/mol. The zero-order valence-corrected chi connectivity index (χ0v) is 21.7. The number of rotatable bonds is 9. The molecule has 0 bridgehead atoms. The number of nitrogens with one attached hydrogen (secondary N) is 2. The van der Waals surface area contributed by atoms with E-state index in [2.05, 4.69) is 27.7 Å². The number of hydrogen-bond acceptors (Lipinski definition) is 6. The molecule has 2 aliphatic heterocycles. The summed E-state index contributed by atoms with van der Waals surface area (Å²) >= 11 is 0. The molecule has 2 aromatic rings. The minimum atomic E-state index is -0.217. The highest BCUT2D eigenvalue weighted by Gasteiger charge is 2.33. The molecule has 200 valence electrons. The highest BCUT2D eigenvalue weighted by atomic mass is 16.5. The van der Waals surface area contributed by atoms with Crippen LogP contribution in [0.4, 0.5) is 0 Å². The van der Waals surface area contributed by atoms with Crippen LogP contribution in [0.1, 0.15) is 58.3 Å². The maximum Gasteiger partial charge on any atom is 0.229 e. The van der Waals surface area contributed by atoms with E-state index < -0.39 is 0 Å². The van der Waals surface area contributed by atoms with Crippen molar-refractivity contribution in [1.29, 1.82) is 0 Å². The molecule has 38 heavy (non-hydrogen) atoms. The van der Waals surface area contributed by atoms with E-state index in [0.717, 1.165) is 55.1 Å². The summed E-state index contributed by atoms with van der Waals surface area (Å²) in [5, 5.41) is 5.41. The van der Waals surface area contributed by atoms with Crippen LogP contribution in [-0.2, 0) is 45.1 Å². The van der Waals surface area contributed by atoms with Crippen molar-refractivity contribution in [3.8, 4) is 0 Å². The zero-order valence-electron chi connectivity index (χ0n) is 21.7. The van der Waals surface area contributed by atoms with E-state index in [1.165, 1.54) is 5.56 Å². The first-order valence-corrected chi connectivity index (χ1v) is 13.6. The predicted molar refractivity (Wildman–Crippen MR) is 141 cm³/mol. The summed E-state index contributed by atoms with van der Waals surface area (Å²) in [5.74, 6) is -0.675. The van der Waals surface area contributed by atoms with Crippen LogP contribution in [0.2, 0.25) is 0 Å². The maximum atomic E-state index is 12.9. The van der Waals surface area contributed by atoms with Gasteiger partial charge in [-0.1, -0.05) is 42.5 Å². The summed E-state index contributed by atoms with van der Waals surface area (Å²) < 4.78 is 5.42. The Morgan fingerprint density at radius 3 is 2.58 bits per heavy atom. The van der Waals surface area contributed by atoms with Gasteiger partial charge in [0.1, 0.15) is 0 Å². The number of imide groups is 1. The second-order valence-corrected chi connectivity index (χ2v) is 10.6. The molecule has 8 heteroatoms. The number of carbonyl (C=O) groups is 4. The van der Waals surface area contributed by atoms with Crippen LogP contribution in [0.25, 0.3) is 0 Å². The van der Waals surface area contributed by atoms with Crippen LogP contribution in [0.15, 0.2) is 42.5 Å². The van der Waals surface area contributed by atoms with E-state index in [4.69, 9.17) is 4.74 Å². The van der Waals surface area contributed by atoms with Gasteiger partial charge in [0.2, 0.25) is 17.7 Å². The molecule has 3 amide bonds. The number of hydrogen-bond donors (Lipinski definition) is 2. The molecule has 5 rings (SSSR count). The van der Waals surface area contributed by atoms with Crippen LogP contribution in [0.5, 0.6) is 0 Å². The Kier molecular flexibility index (Phi) is 8.29. The summed E-state index contributed by atoms with van der Waals surface area (Å²) in [7, 11) is 0. The molecule has 2 saturated heterocycles. The number of fused-ring (bicyclic) bond motifs is 1. The van der Waals surface area contributed by atoms with Crippen LogP contribution in [0, 0.1) is 11.8 Å².